The molecule has 9 heteroatoms. The standard InChI is InChI=1S/C29H31N5O4/c1-15-8-6-7-9-20(15)26(19-10-12-37-13-11-19)34-25-16(2)21(22-17(3)32-38-18(22)4)14-30-23(25)27-28(34)24(29(35)36)31-33(27)5/h6-9,14,19,26H,10-13H2,1-5H3,(H,35,36). The van der Waals surface area contributed by atoms with Gasteiger partial charge >= 0.3 is 5.97 Å². The lowest BCUT2D eigenvalue weighted by atomic mass is 9.84. The van der Waals surface area contributed by atoms with Gasteiger partial charge in [-0.25, -0.2) is 4.79 Å². The van der Waals surface area contributed by atoms with Gasteiger partial charge in [0, 0.05) is 37.6 Å². The second-order valence-electron chi connectivity index (χ2n) is 10.3. The zero-order chi connectivity index (χ0) is 26.7. The Labute approximate surface area is 220 Å². The van der Waals surface area contributed by atoms with E-state index >= 15 is 0 Å². The van der Waals surface area contributed by atoms with Crippen molar-refractivity contribution in [3.8, 4) is 11.1 Å². The van der Waals surface area contributed by atoms with Gasteiger partial charge in [0.1, 0.15) is 22.3 Å². The molecule has 0 saturated carbocycles. The predicted octanol–water partition coefficient (Wildman–Crippen LogP) is 5.53. The largest absolute Gasteiger partial charge is 0.476 e. The molecule has 0 aliphatic carbocycles. The minimum Gasteiger partial charge on any atom is -0.476 e. The molecule has 6 rings (SSSR count). The van der Waals surface area contributed by atoms with Crippen molar-refractivity contribution in [1.82, 2.24) is 24.5 Å². The van der Waals surface area contributed by atoms with Crippen molar-refractivity contribution in [2.24, 2.45) is 13.0 Å². The number of rotatable bonds is 5. The molecule has 1 aromatic carbocycles. The monoisotopic (exact) mass is 513 g/mol. The van der Waals surface area contributed by atoms with Crippen LogP contribution in [-0.2, 0) is 11.8 Å². The lowest BCUT2D eigenvalue weighted by Crippen LogP contribution is -2.28. The molecule has 0 spiro atoms. The number of aryl methyl sites for hydroxylation is 5. The molecule has 0 amide bonds. The number of hydrogen-bond acceptors (Lipinski definition) is 6. The molecule has 1 unspecified atom stereocenters. The van der Waals surface area contributed by atoms with Crippen molar-refractivity contribution in [1.29, 1.82) is 0 Å². The van der Waals surface area contributed by atoms with E-state index in [0.29, 0.717) is 18.7 Å². The number of carboxylic acid groups (broad SMARTS) is 1. The van der Waals surface area contributed by atoms with Gasteiger partial charge in [-0.1, -0.05) is 29.4 Å². The van der Waals surface area contributed by atoms with E-state index < -0.39 is 5.97 Å². The number of carbonyl (C=O) groups is 1. The number of aromatic nitrogens is 5. The first kappa shape index (κ1) is 24.4. The van der Waals surface area contributed by atoms with Gasteiger partial charge in [0.25, 0.3) is 0 Å². The van der Waals surface area contributed by atoms with Crippen molar-refractivity contribution >= 4 is 28.0 Å². The first-order chi connectivity index (χ1) is 18.3. The lowest BCUT2D eigenvalue weighted by Gasteiger charge is -2.34. The van der Waals surface area contributed by atoms with Crippen LogP contribution in [0.5, 0.6) is 0 Å². The topological polar surface area (TPSA) is 108 Å². The van der Waals surface area contributed by atoms with Gasteiger partial charge in [0.2, 0.25) is 0 Å². The molecule has 5 heterocycles. The molecule has 1 aliphatic heterocycles. The maximum atomic E-state index is 12.5. The van der Waals surface area contributed by atoms with Crippen LogP contribution >= 0.6 is 0 Å². The number of hydrogen-bond donors (Lipinski definition) is 1. The van der Waals surface area contributed by atoms with Crippen molar-refractivity contribution in [3.05, 3.63) is 64.3 Å². The van der Waals surface area contributed by atoms with E-state index in [1.54, 1.807) is 11.7 Å². The van der Waals surface area contributed by atoms with Crippen molar-refractivity contribution < 1.29 is 19.2 Å². The summed E-state index contributed by atoms with van der Waals surface area (Å²) in [7, 11) is 1.79. The van der Waals surface area contributed by atoms with E-state index in [1.807, 2.05) is 26.1 Å². The Hall–Kier alpha value is -3.98. The first-order valence-corrected chi connectivity index (χ1v) is 13.0. The minimum atomic E-state index is -1.06. The van der Waals surface area contributed by atoms with Crippen LogP contribution in [0.2, 0.25) is 0 Å². The van der Waals surface area contributed by atoms with Gasteiger partial charge < -0.3 is 18.9 Å². The summed E-state index contributed by atoms with van der Waals surface area (Å²) in [5.41, 5.74) is 8.97. The third-order valence-corrected chi connectivity index (χ3v) is 8.04. The Morgan fingerprint density at radius 1 is 1.08 bits per heavy atom. The van der Waals surface area contributed by atoms with E-state index in [1.165, 1.54) is 5.56 Å². The normalized spacial score (nSPS) is 15.5. The van der Waals surface area contributed by atoms with E-state index in [4.69, 9.17) is 14.2 Å². The second kappa shape index (κ2) is 9.09. The highest BCUT2D eigenvalue weighted by Crippen LogP contribution is 2.44. The van der Waals surface area contributed by atoms with E-state index in [-0.39, 0.29) is 17.7 Å². The molecule has 196 valence electrons. The zero-order valence-electron chi connectivity index (χ0n) is 22.3. The van der Waals surface area contributed by atoms with Crippen LogP contribution in [0, 0.1) is 33.6 Å². The van der Waals surface area contributed by atoms with E-state index in [9.17, 15) is 9.90 Å². The summed E-state index contributed by atoms with van der Waals surface area (Å²) >= 11 is 0. The molecule has 38 heavy (non-hydrogen) atoms. The zero-order valence-corrected chi connectivity index (χ0v) is 22.3. The van der Waals surface area contributed by atoms with Crippen molar-refractivity contribution in [2.75, 3.05) is 13.2 Å². The number of aromatic carboxylic acids is 1. The third-order valence-electron chi connectivity index (χ3n) is 8.04. The van der Waals surface area contributed by atoms with Crippen LogP contribution < -0.4 is 0 Å². The number of benzene rings is 1. The third kappa shape index (κ3) is 3.56. The van der Waals surface area contributed by atoms with Crippen molar-refractivity contribution in [2.45, 2.75) is 46.6 Å². The average molecular weight is 514 g/mol. The Morgan fingerprint density at radius 3 is 2.47 bits per heavy atom. The van der Waals surface area contributed by atoms with Crippen LogP contribution in [0.15, 0.2) is 35.0 Å². The number of ether oxygens (including phenoxy) is 1. The molecule has 0 bridgehead atoms. The second-order valence-corrected chi connectivity index (χ2v) is 10.3. The molecule has 1 fully saturated rings. The maximum absolute atomic E-state index is 12.5. The number of pyridine rings is 1. The van der Waals surface area contributed by atoms with Crippen molar-refractivity contribution in [3.63, 3.8) is 0 Å². The summed E-state index contributed by atoms with van der Waals surface area (Å²) in [5.74, 6) is -0.0893. The van der Waals surface area contributed by atoms with Crippen LogP contribution in [0.3, 0.4) is 0 Å². The first-order valence-electron chi connectivity index (χ1n) is 13.0. The Kier molecular flexibility index (Phi) is 5.83. The molecule has 5 aromatic rings. The highest BCUT2D eigenvalue weighted by atomic mass is 16.5. The summed E-state index contributed by atoms with van der Waals surface area (Å²) < 4.78 is 15.1. The molecular weight excluding hydrogens is 482 g/mol. The molecule has 9 nitrogen and oxygen atoms in total. The molecule has 0 radical (unpaired) electrons. The highest BCUT2D eigenvalue weighted by molar-refractivity contribution is 6.12. The molecule has 1 saturated heterocycles. The fraction of sp³-hybridized carbons (Fsp3) is 0.379. The summed E-state index contributed by atoms with van der Waals surface area (Å²) in [5, 5.41) is 18.9. The molecule has 1 aliphatic rings. The number of nitrogens with zero attached hydrogens (tertiary/aromatic N) is 5. The molecular formula is C29H31N5O4. The molecule has 1 atom stereocenters. The number of fused-ring (bicyclic) bond motifs is 3. The van der Waals surface area contributed by atoms with Gasteiger partial charge in [-0.2, -0.15) is 5.10 Å². The summed E-state index contributed by atoms with van der Waals surface area (Å²) in [6.07, 6.45) is 3.59. The molecule has 4 aromatic heterocycles. The van der Waals surface area contributed by atoms with Crippen LogP contribution in [-0.4, -0.2) is 48.8 Å². The van der Waals surface area contributed by atoms with Gasteiger partial charge in [0.05, 0.1) is 17.3 Å². The Morgan fingerprint density at radius 2 is 1.82 bits per heavy atom. The van der Waals surface area contributed by atoms with Gasteiger partial charge in [-0.3, -0.25) is 9.67 Å². The summed E-state index contributed by atoms with van der Waals surface area (Å²) in [4.78, 5) is 17.5. The Bertz CT molecular complexity index is 1680. The smallest absolute Gasteiger partial charge is 0.358 e. The molecule has 1 N–H and O–H groups in total. The van der Waals surface area contributed by atoms with E-state index in [0.717, 1.165) is 63.1 Å². The summed E-state index contributed by atoms with van der Waals surface area (Å²) in [6.45, 7) is 9.37. The Balaban J connectivity index is 1.78. The fourth-order valence-corrected chi connectivity index (χ4v) is 6.27. The van der Waals surface area contributed by atoms with Crippen LogP contribution in [0.25, 0.3) is 33.2 Å². The quantitative estimate of drug-likeness (QED) is 0.329. The maximum Gasteiger partial charge on any atom is 0.358 e. The lowest BCUT2D eigenvalue weighted by molar-refractivity contribution is 0.0550. The van der Waals surface area contributed by atoms with Crippen LogP contribution in [0.4, 0.5) is 0 Å². The average Bonchev–Trinajstić information content (AvgIpc) is 3.54. The summed E-state index contributed by atoms with van der Waals surface area (Å²) in [6, 6.07) is 8.25. The van der Waals surface area contributed by atoms with Gasteiger partial charge in [-0.15, -0.1) is 0 Å². The fourth-order valence-electron chi connectivity index (χ4n) is 6.27. The van der Waals surface area contributed by atoms with Gasteiger partial charge in [-0.05, 0) is 63.1 Å². The van der Waals surface area contributed by atoms with E-state index in [2.05, 4.69) is 46.9 Å². The highest BCUT2D eigenvalue weighted by Gasteiger charge is 2.35. The predicted molar refractivity (Wildman–Crippen MR) is 144 cm³/mol. The minimum absolute atomic E-state index is 0.0319. The van der Waals surface area contributed by atoms with Crippen LogP contribution in [0.1, 0.15) is 57.5 Å². The van der Waals surface area contributed by atoms with Gasteiger partial charge in [0.15, 0.2) is 5.69 Å². The number of carboxylic acids is 1. The SMILES string of the molecule is Cc1ccccc1C(C1CCOCC1)n1c2c(C)c(-c3c(C)noc3C)cnc2c2c1c(C(=O)O)nn2C.